The smallest absolute Gasteiger partial charge is 0.353 e. The summed E-state index contributed by atoms with van der Waals surface area (Å²) in [6.45, 7) is 2.16. The van der Waals surface area contributed by atoms with Crippen LogP contribution in [-0.2, 0) is 16.1 Å². The number of hydrogen-bond acceptors (Lipinski definition) is 6. The van der Waals surface area contributed by atoms with Crippen LogP contribution in [0.2, 0.25) is 0 Å². The van der Waals surface area contributed by atoms with Crippen LogP contribution in [-0.4, -0.2) is 38.3 Å². The molecule has 8 heteroatoms. The number of benzene rings is 2. The summed E-state index contributed by atoms with van der Waals surface area (Å²) < 4.78 is 7.23. The number of carboxylic acid groups (broad SMARTS) is 1. The predicted octanol–water partition coefficient (Wildman–Crippen LogP) is 3.24. The normalized spacial score (nSPS) is 15.4. The van der Waals surface area contributed by atoms with Crippen molar-refractivity contribution in [1.29, 1.82) is 0 Å². The molecule has 164 valence electrons. The van der Waals surface area contributed by atoms with Gasteiger partial charge in [-0.05, 0) is 23.6 Å². The number of hydrogen-bond donors (Lipinski definition) is 2. The van der Waals surface area contributed by atoms with Crippen molar-refractivity contribution in [1.82, 2.24) is 9.55 Å². The lowest BCUT2D eigenvalue weighted by molar-refractivity contribution is -0.149. The molecule has 0 saturated heterocycles. The van der Waals surface area contributed by atoms with E-state index < -0.39 is 23.6 Å². The van der Waals surface area contributed by atoms with Crippen LogP contribution in [0.4, 0.5) is 5.69 Å². The first-order chi connectivity index (χ1) is 15.9. The summed E-state index contributed by atoms with van der Waals surface area (Å²) in [5.74, 6) is -3.77. The highest BCUT2D eigenvalue weighted by Crippen LogP contribution is 2.39. The summed E-state index contributed by atoms with van der Waals surface area (Å²) in [5.41, 5.74) is 10.8. The number of nitrogens with zero attached hydrogens (tertiary/aromatic N) is 2. The van der Waals surface area contributed by atoms with Gasteiger partial charge in [0.25, 0.3) is 11.9 Å². The van der Waals surface area contributed by atoms with Gasteiger partial charge in [-0.15, -0.1) is 0 Å². The van der Waals surface area contributed by atoms with Gasteiger partial charge in [-0.1, -0.05) is 54.6 Å². The molecule has 5 rings (SSSR count). The fourth-order valence-electron chi connectivity index (χ4n) is 4.26. The summed E-state index contributed by atoms with van der Waals surface area (Å²) >= 11 is 0. The van der Waals surface area contributed by atoms with Crippen molar-refractivity contribution in [2.75, 3.05) is 5.73 Å². The van der Waals surface area contributed by atoms with E-state index in [1.165, 1.54) is 6.20 Å². The molecule has 2 bridgehead atoms. The lowest BCUT2D eigenvalue weighted by Crippen LogP contribution is -2.41. The number of nitrogens with two attached hydrogens (primary N) is 1. The maximum absolute atomic E-state index is 13.0. The molecule has 2 aromatic carbocycles. The summed E-state index contributed by atoms with van der Waals surface area (Å²) in [5, 5.41) is 9.70. The van der Waals surface area contributed by atoms with Crippen molar-refractivity contribution < 1.29 is 24.2 Å². The van der Waals surface area contributed by atoms with Crippen molar-refractivity contribution in [3.8, 4) is 17.0 Å². The molecular weight excluding hydrogens is 422 g/mol. The van der Waals surface area contributed by atoms with Crippen molar-refractivity contribution in [3.63, 3.8) is 0 Å². The number of anilines is 1. The number of nitrogen functional groups attached to an aromatic ring is 1. The molecule has 2 aromatic heterocycles. The number of carbonyl (C=O) groups is 3. The second-order valence-corrected chi connectivity index (χ2v) is 7.84. The maximum atomic E-state index is 13.0. The largest absolute Gasteiger partial charge is 0.478 e. The first-order valence-electron chi connectivity index (χ1n) is 10.3. The standard InChI is InChI=1S/C25H19N3O5/c1-13-19(26)18-20(17-11-27-24(18)33-23(25(31)32)22(30)21(17)29)28(13)12-15-9-5-6-10-16(15)14-7-3-2-4-8-14/h2-11,23H,12,26H2,1H3,(H,31,32). The molecule has 0 radical (unpaired) electrons. The van der Waals surface area contributed by atoms with Gasteiger partial charge in [0.2, 0.25) is 11.7 Å². The fraction of sp³-hybridized carbons (Fsp3) is 0.120. The van der Waals surface area contributed by atoms with Gasteiger partial charge >= 0.3 is 5.97 Å². The van der Waals surface area contributed by atoms with Gasteiger partial charge < -0.3 is 20.1 Å². The van der Waals surface area contributed by atoms with E-state index in [2.05, 4.69) is 4.98 Å². The molecule has 8 nitrogen and oxygen atoms in total. The number of rotatable bonds is 4. The predicted molar refractivity (Wildman–Crippen MR) is 121 cm³/mol. The molecule has 1 atom stereocenters. The average molecular weight is 441 g/mol. The molecular formula is C25H19N3O5. The highest BCUT2D eigenvalue weighted by molar-refractivity contribution is 6.49. The van der Waals surface area contributed by atoms with Crippen LogP contribution < -0.4 is 10.5 Å². The molecule has 3 N–H and O–H groups in total. The molecule has 4 aromatic rings. The minimum atomic E-state index is -1.96. The van der Waals surface area contributed by atoms with E-state index in [1.54, 1.807) is 6.92 Å². The molecule has 0 amide bonds. The number of pyridine rings is 1. The van der Waals surface area contributed by atoms with Crippen LogP contribution in [0, 0.1) is 6.92 Å². The number of ketones is 2. The number of aliphatic carboxylic acids is 1. The Labute approximate surface area is 188 Å². The SMILES string of the molecule is Cc1c(N)c2c3ncc(c2n1Cc1ccccc1-c1ccccc1)C(=O)C(=O)C(C(=O)O)O3. The molecule has 1 unspecified atom stereocenters. The minimum Gasteiger partial charge on any atom is -0.478 e. The van der Waals surface area contributed by atoms with Gasteiger partial charge in [0, 0.05) is 18.4 Å². The van der Waals surface area contributed by atoms with Crippen molar-refractivity contribution in [3.05, 3.63) is 77.6 Å². The summed E-state index contributed by atoms with van der Waals surface area (Å²) in [7, 11) is 0. The number of carbonyl (C=O) groups excluding carboxylic acids is 2. The van der Waals surface area contributed by atoms with E-state index in [9.17, 15) is 19.5 Å². The summed E-state index contributed by atoms with van der Waals surface area (Å²) in [6, 6.07) is 17.8. The van der Waals surface area contributed by atoms with Crippen molar-refractivity contribution in [2.45, 2.75) is 19.6 Å². The van der Waals surface area contributed by atoms with Gasteiger partial charge in [-0.2, -0.15) is 0 Å². The second-order valence-electron chi connectivity index (χ2n) is 7.84. The highest BCUT2D eigenvalue weighted by atomic mass is 16.5. The van der Waals surface area contributed by atoms with E-state index in [-0.39, 0.29) is 11.4 Å². The Bertz CT molecular complexity index is 1460. The Morgan fingerprint density at radius 2 is 1.79 bits per heavy atom. The quantitative estimate of drug-likeness (QED) is 0.368. The number of aromatic nitrogens is 2. The topological polar surface area (TPSA) is 125 Å². The van der Waals surface area contributed by atoms with Crippen LogP contribution in [0.3, 0.4) is 0 Å². The van der Waals surface area contributed by atoms with Gasteiger partial charge in [-0.3, -0.25) is 9.59 Å². The molecule has 0 saturated carbocycles. The molecule has 0 aliphatic carbocycles. The zero-order valence-corrected chi connectivity index (χ0v) is 17.6. The molecule has 3 heterocycles. The second kappa shape index (κ2) is 7.59. The number of fused-ring (bicyclic) bond motifs is 6. The van der Waals surface area contributed by atoms with E-state index in [0.717, 1.165) is 16.7 Å². The third-order valence-corrected chi connectivity index (χ3v) is 5.94. The van der Waals surface area contributed by atoms with Crippen LogP contribution in [0.25, 0.3) is 22.0 Å². The molecule has 33 heavy (non-hydrogen) atoms. The molecule has 1 aliphatic heterocycles. The first kappa shape index (κ1) is 20.4. The Hall–Kier alpha value is -4.46. The fourth-order valence-corrected chi connectivity index (χ4v) is 4.26. The van der Waals surface area contributed by atoms with Crippen LogP contribution in [0.15, 0.2) is 60.8 Å². The third kappa shape index (κ3) is 3.15. The number of carboxylic acids is 1. The first-order valence-corrected chi connectivity index (χ1v) is 10.3. The Kier molecular flexibility index (Phi) is 4.70. The van der Waals surface area contributed by atoms with Crippen LogP contribution in [0.5, 0.6) is 5.88 Å². The maximum Gasteiger partial charge on any atom is 0.353 e. The molecule has 0 spiro atoms. The molecule has 0 fully saturated rings. The van der Waals surface area contributed by atoms with E-state index in [1.807, 2.05) is 59.2 Å². The van der Waals surface area contributed by atoms with Gasteiger partial charge in [-0.25, -0.2) is 9.78 Å². The monoisotopic (exact) mass is 441 g/mol. The van der Waals surface area contributed by atoms with Crippen LogP contribution in [0.1, 0.15) is 21.6 Å². The summed E-state index contributed by atoms with van der Waals surface area (Å²) in [4.78, 5) is 41.1. The van der Waals surface area contributed by atoms with Gasteiger partial charge in [0.05, 0.1) is 22.2 Å². The average Bonchev–Trinajstić information content (AvgIpc) is 3.07. The number of Topliss-reactive ketones (excluding diaryl/α,β-unsaturated/α-hetero) is 2. The third-order valence-electron chi connectivity index (χ3n) is 5.94. The zero-order chi connectivity index (χ0) is 23.3. The van der Waals surface area contributed by atoms with Crippen molar-refractivity contribution in [2.24, 2.45) is 0 Å². The lowest BCUT2D eigenvalue weighted by atomic mass is 9.99. The lowest BCUT2D eigenvalue weighted by Gasteiger charge is -2.19. The number of ether oxygens (including phenoxy) is 1. The highest BCUT2D eigenvalue weighted by Gasteiger charge is 2.40. The Balaban J connectivity index is 1.73. The molecule has 1 aliphatic rings. The van der Waals surface area contributed by atoms with E-state index in [4.69, 9.17) is 10.5 Å². The van der Waals surface area contributed by atoms with Gasteiger partial charge in [0.1, 0.15) is 0 Å². The van der Waals surface area contributed by atoms with E-state index >= 15 is 0 Å². The van der Waals surface area contributed by atoms with Crippen LogP contribution >= 0.6 is 0 Å². The summed E-state index contributed by atoms with van der Waals surface area (Å²) in [6.07, 6.45) is -0.719. The Morgan fingerprint density at radius 1 is 1.09 bits per heavy atom. The van der Waals surface area contributed by atoms with E-state index in [0.29, 0.717) is 28.8 Å². The van der Waals surface area contributed by atoms with Gasteiger partial charge in [0.15, 0.2) is 0 Å². The Morgan fingerprint density at radius 3 is 2.52 bits per heavy atom. The zero-order valence-electron chi connectivity index (χ0n) is 17.6. The minimum absolute atomic E-state index is 0.00490. The van der Waals surface area contributed by atoms with Crippen molar-refractivity contribution >= 4 is 34.1 Å².